The quantitative estimate of drug-likeness (QED) is 0.254. The van der Waals surface area contributed by atoms with E-state index in [1.165, 1.54) is 44.9 Å². The van der Waals surface area contributed by atoms with Crippen LogP contribution in [0, 0.1) is 23.7 Å². The van der Waals surface area contributed by atoms with Crippen LogP contribution in [0.15, 0.2) is 60.8 Å². The zero-order valence-corrected chi connectivity index (χ0v) is 24.3. The van der Waals surface area contributed by atoms with Crippen LogP contribution in [0.1, 0.15) is 75.0 Å². The molecule has 2 aromatic carbocycles. The first kappa shape index (κ1) is 26.2. The predicted molar refractivity (Wildman–Crippen MR) is 163 cm³/mol. The molecule has 8 rings (SSSR count). The van der Waals surface area contributed by atoms with Gasteiger partial charge in [0.15, 0.2) is 0 Å². The molecule has 2 aromatic heterocycles. The molecule has 2 N–H and O–H groups in total. The van der Waals surface area contributed by atoms with E-state index in [1.807, 2.05) is 42.5 Å². The Hall–Kier alpha value is -3.45. The monoisotopic (exact) mass is 563 g/mol. The number of anilines is 1. The summed E-state index contributed by atoms with van der Waals surface area (Å²) in [6.07, 6.45) is 14.6. The van der Waals surface area contributed by atoms with Crippen LogP contribution in [0.5, 0.6) is 11.5 Å². The lowest BCUT2D eigenvalue weighted by Crippen LogP contribution is -2.50. The predicted octanol–water partition coefficient (Wildman–Crippen LogP) is 7.27. The van der Waals surface area contributed by atoms with Crippen LogP contribution < -0.4 is 10.5 Å². The van der Waals surface area contributed by atoms with Gasteiger partial charge in [0, 0.05) is 31.2 Å². The molecule has 0 spiro atoms. The first-order valence-corrected chi connectivity index (χ1v) is 16.0. The zero-order valence-electron chi connectivity index (χ0n) is 24.3. The summed E-state index contributed by atoms with van der Waals surface area (Å²) in [6.45, 7) is 1.58. The van der Waals surface area contributed by atoms with Crippen LogP contribution in [0.25, 0.3) is 10.9 Å². The topological polar surface area (TPSA) is 88.1 Å². The fourth-order valence-corrected chi connectivity index (χ4v) is 8.98. The molecule has 4 aliphatic rings. The van der Waals surface area contributed by atoms with E-state index in [9.17, 15) is 0 Å². The summed E-state index contributed by atoms with van der Waals surface area (Å²) < 4.78 is 14.2. The Kier molecular flexibility index (Phi) is 6.66. The molecule has 7 heteroatoms. The molecule has 4 aromatic rings. The summed E-state index contributed by atoms with van der Waals surface area (Å²) in [7, 11) is 0. The lowest BCUT2D eigenvalue weighted by molar-refractivity contribution is -0.0328. The van der Waals surface area contributed by atoms with E-state index in [4.69, 9.17) is 30.5 Å². The number of aromatic nitrogens is 4. The maximum Gasteiger partial charge on any atom is 0.128 e. The normalized spacial score (nSPS) is 28.1. The second-order valence-electron chi connectivity index (χ2n) is 13.5. The summed E-state index contributed by atoms with van der Waals surface area (Å²) in [5, 5.41) is 10.7. The van der Waals surface area contributed by atoms with E-state index in [2.05, 4.69) is 23.0 Å². The van der Waals surface area contributed by atoms with Gasteiger partial charge in [-0.3, -0.25) is 0 Å². The number of ether oxygens (including phenoxy) is 2. The van der Waals surface area contributed by atoms with E-state index in [0.29, 0.717) is 11.7 Å². The first-order chi connectivity index (χ1) is 20.6. The molecular formula is C35H41N5O2. The highest BCUT2D eigenvalue weighted by atomic mass is 16.5. The van der Waals surface area contributed by atoms with E-state index >= 15 is 0 Å². The number of pyridine rings is 1. The van der Waals surface area contributed by atoms with Crippen molar-refractivity contribution in [2.75, 3.05) is 18.9 Å². The number of hydrogen-bond acceptors (Lipinski definition) is 6. The summed E-state index contributed by atoms with van der Waals surface area (Å²) in [4.78, 5) is 4.87. The number of benzene rings is 2. The summed E-state index contributed by atoms with van der Waals surface area (Å²) in [6, 6.07) is 18.2. The molecule has 5 atom stereocenters. The fourth-order valence-electron chi connectivity index (χ4n) is 8.98. The van der Waals surface area contributed by atoms with E-state index < -0.39 is 0 Å². The molecule has 1 saturated heterocycles. The van der Waals surface area contributed by atoms with Crippen molar-refractivity contribution < 1.29 is 9.47 Å². The number of para-hydroxylation sites is 1. The van der Waals surface area contributed by atoms with Crippen molar-refractivity contribution in [1.82, 2.24) is 20.0 Å². The van der Waals surface area contributed by atoms with Gasteiger partial charge >= 0.3 is 0 Å². The molecule has 7 nitrogen and oxygen atoms in total. The van der Waals surface area contributed by atoms with Crippen molar-refractivity contribution in [2.24, 2.45) is 23.7 Å². The minimum absolute atomic E-state index is 0.169. The average Bonchev–Trinajstić information content (AvgIpc) is 3.49. The van der Waals surface area contributed by atoms with Gasteiger partial charge in [-0.05, 0) is 123 Å². The second kappa shape index (κ2) is 10.7. The molecule has 3 saturated carbocycles. The fraction of sp³-hybridized carbons (Fsp3) is 0.514. The summed E-state index contributed by atoms with van der Waals surface area (Å²) >= 11 is 0. The standard InChI is InChI=1S/C35H41N5O2/c36-34-32(18-26-17-30(8-9-33(26)37-34)42-29-4-2-1-3-5-29)31(25-11-14-41-15-12-25)19-28-22-40(39-38-28)35-13-10-24-7-6-23(20-35)16-27(24)21-35/h1-5,8-9,17-18,22-25,27,31H,6-7,10-16,19-21H2,(H2,36,37). The third-order valence-electron chi connectivity index (χ3n) is 11.1. The molecule has 1 aliphatic heterocycles. The highest BCUT2D eigenvalue weighted by Gasteiger charge is 2.50. The number of hydrogen-bond donors (Lipinski definition) is 1. The first-order valence-electron chi connectivity index (χ1n) is 16.0. The van der Waals surface area contributed by atoms with Gasteiger partial charge < -0.3 is 15.2 Å². The van der Waals surface area contributed by atoms with Crippen LogP contribution >= 0.6 is 0 Å². The second-order valence-corrected chi connectivity index (χ2v) is 13.5. The molecule has 3 bridgehead atoms. The maximum absolute atomic E-state index is 6.72. The van der Waals surface area contributed by atoms with Gasteiger partial charge in [0.2, 0.25) is 0 Å². The van der Waals surface area contributed by atoms with Crippen LogP contribution in [0.3, 0.4) is 0 Å². The third kappa shape index (κ3) is 4.85. The minimum atomic E-state index is 0.169. The molecule has 5 unspecified atom stereocenters. The van der Waals surface area contributed by atoms with Gasteiger partial charge in [-0.2, -0.15) is 0 Å². The lowest BCUT2D eigenvalue weighted by Gasteiger charge is -2.54. The molecule has 0 amide bonds. The Labute approximate surface area is 247 Å². The number of nitrogens with two attached hydrogens (primary N) is 1. The smallest absolute Gasteiger partial charge is 0.128 e. The Morgan fingerprint density at radius 2 is 1.83 bits per heavy atom. The van der Waals surface area contributed by atoms with Crippen molar-refractivity contribution >= 4 is 16.7 Å². The SMILES string of the molecule is Nc1nc2ccc(Oc3ccccc3)cc2cc1C(Cc1cn(C23CCC4CCC(CC4C2)C3)nn1)C1CCOCC1. The van der Waals surface area contributed by atoms with Crippen LogP contribution in [0.4, 0.5) is 5.82 Å². The molecule has 4 fully saturated rings. The van der Waals surface area contributed by atoms with Gasteiger partial charge in [-0.15, -0.1) is 5.10 Å². The van der Waals surface area contributed by atoms with E-state index in [1.54, 1.807) is 0 Å². The van der Waals surface area contributed by atoms with Crippen LogP contribution in [-0.2, 0) is 16.7 Å². The maximum atomic E-state index is 6.72. The number of nitrogen functional groups attached to an aromatic ring is 1. The van der Waals surface area contributed by atoms with Gasteiger partial charge in [0.05, 0.1) is 16.7 Å². The van der Waals surface area contributed by atoms with E-state index in [-0.39, 0.29) is 11.5 Å². The molecule has 42 heavy (non-hydrogen) atoms. The Bertz CT molecular complexity index is 1560. The molecule has 3 aliphatic carbocycles. The molecule has 3 heterocycles. The van der Waals surface area contributed by atoms with Gasteiger partial charge in [0.25, 0.3) is 0 Å². The van der Waals surface area contributed by atoms with Crippen molar-refractivity contribution in [2.45, 2.75) is 75.7 Å². The molecule has 218 valence electrons. The average molecular weight is 564 g/mol. The van der Waals surface area contributed by atoms with Crippen molar-refractivity contribution in [3.05, 3.63) is 72.1 Å². The number of rotatable bonds is 7. The Morgan fingerprint density at radius 1 is 0.952 bits per heavy atom. The van der Waals surface area contributed by atoms with Crippen LogP contribution in [0.2, 0.25) is 0 Å². The minimum Gasteiger partial charge on any atom is -0.457 e. The highest BCUT2D eigenvalue weighted by Crippen LogP contribution is 2.57. The van der Waals surface area contributed by atoms with Crippen LogP contribution in [-0.4, -0.2) is 33.2 Å². The van der Waals surface area contributed by atoms with Crippen molar-refractivity contribution in [1.29, 1.82) is 0 Å². The number of nitrogens with zero attached hydrogens (tertiary/aromatic N) is 4. The zero-order chi connectivity index (χ0) is 28.1. The summed E-state index contributed by atoms with van der Waals surface area (Å²) in [5.41, 5.74) is 9.94. The lowest BCUT2D eigenvalue weighted by atomic mass is 9.54. The van der Waals surface area contributed by atoms with Gasteiger partial charge in [-0.25, -0.2) is 9.67 Å². The van der Waals surface area contributed by atoms with E-state index in [0.717, 1.165) is 83.9 Å². The largest absolute Gasteiger partial charge is 0.457 e. The summed E-state index contributed by atoms with van der Waals surface area (Å²) in [5.74, 6) is 5.57. The highest BCUT2D eigenvalue weighted by molar-refractivity contribution is 5.83. The Balaban J connectivity index is 1.10. The Morgan fingerprint density at radius 3 is 2.71 bits per heavy atom. The third-order valence-corrected chi connectivity index (χ3v) is 11.1. The van der Waals surface area contributed by atoms with Gasteiger partial charge in [-0.1, -0.05) is 29.8 Å². The number of fused-ring (bicyclic) bond motifs is 3. The molecular weight excluding hydrogens is 522 g/mol. The molecule has 0 radical (unpaired) electrons. The van der Waals surface area contributed by atoms with Gasteiger partial charge in [0.1, 0.15) is 17.3 Å². The van der Waals surface area contributed by atoms with Crippen molar-refractivity contribution in [3.63, 3.8) is 0 Å². The van der Waals surface area contributed by atoms with Crippen molar-refractivity contribution in [3.8, 4) is 11.5 Å².